The molecule has 1 fully saturated rings. The van der Waals surface area contributed by atoms with Crippen LogP contribution in [0.4, 0.5) is 0 Å². The molecule has 1 aliphatic rings. The van der Waals surface area contributed by atoms with Crippen LogP contribution >= 0.6 is 0 Å². The standard InChI is InChI=1S/C13H32NOSi2/c1-7-14(11-9-8-10-12-14)13-17(5,6)15-16(2,3)4/h7-13H2,1-6H3/q+1. The summed E-state index contributed by atoms with van der Waals surface area (Å²) in [5, 5.41) is 0. The lowest BCUT2D eigenvalue weighted by atomic mass is 10.1. The number of hydrogen-bond acceptors (Lipinski definition) is 1. The summed E-state index contributed by atoms with van der Waals surface area (Å²) in [4.78, 5) is 0. The van der Waals surface area contributed by atoms with Gasteiger partial charge in [0.25, 0.3) is 0 Å². The maximum atomic E-state index is 6.52. The summed E-state index contributed by atoms with van der Waals surface area (Å²) in [7, 11) is -2.86. The van der Waals surface area contributed by atoms with Gasteiger partial charge in [0.1, 0.15) is 0 Å². The minimum atomic E-state index is -1.49. The third-order valence-corrected chi connectivity index (χ3v) is 9.83. The summed E-state index contributed by atoms with van der Waals surface area (Å²) in [6.07, 6.45) is 5.61. The fourth-order valence-corrected chi connectivity index (χ4v) is 12.5. The maximum Gasteiger partial charge on any atom is 0.234 e. The second kappa shape index (κ2) is 5.55. The molecule has 0 radical (unpaired) electrons. The predicted molar refractivity (Wildman–Crippen MR) is 81.2 cm³/mol. The number of piperidine rings is 1. The molecule has 4 heteroatoms. The highest BCUT2D eigenvalue weighted by atomic mass is 28.4. The van der Waals surface area contributed by atoms with Crippen molar-refractivity contribution in [1.82, 2.24) is 0 Å². The smallest absolute Gasteiger partial charge is 0.234 e. The average molecular weight is 275 g/mol. The van der Waals surface area contributed by atoms with E-state index in [1.54, 1.807) is 0 Å². The SMILES string of the molecule is CC[N+]1(C[Si](C)(C)O[Si](C)(C)C)CCCCC1. The first kappa shape index (κ1) is 15.4. The molecule has 1 saturated heterocycles. The Morgan fingerprint density at radius 1 is 0.941 bits per heavy atom. The fraction of sp³-hybridized carbons (Fsp3) is 1.00. The van der Waals surface area contributed by atoms with E-state index in [1.165, 1.54) is 49.5 Å². The van der Waals surface area contributed by atoms with Crippen molar-refractivity contribution in [2.75, 3.05) is 25.8 Å². The summed E-state index contributed by atoms with van der Waals surface area (Å²) >= 11 is 0. The molecule has 0 atom stereocenters. The first-order valence-electron chi connectivity index (χ1n) is 7.23. The quantitative estimate of drug-likeness (QED) is 0.550. The largest absolute Gasteiger partial charge is 0.452 e. The molecule has 0 unspecified atom stereocenters. The van der Waals surface area contributed by atoms with Crippen LogP contribution in [0.15, 0.2) is 0 Å². The van der Waals surface area contributed by atoms with E-state index in [1.807, 2.05) is 0 Å². The normalized spacial score (nSPS) is 21.5. The van der Waals surface area contributed by atoms with Crippen LogP contribution in [0.5, 0.6) is 0 Å². The highest BCUT2D eigenvalue weighted by molar-refractivity contribution is 6.84. The van der Waals surface area contributed by atoms with Crippen molar-refractivity contribution in [3.63, 3.8) is 0 Å². The molecular formula is C13H32NOSi2+. The zero-order valence-electron chi connectivity index (χ0n) is 12.8. The highest BCUT2D eigenvalue weighted by Crippen LogP contribution is 2.24. The Morgan fingerprint density at radius 2 is 1.47 bits per heavy atom. The second-order valence-corrected chi connectivity index (χ2v) is 16.2. The maximum absolute atomic E-state index is 6.52. The van der Waals surface area contributed by atoms with E-state index in [-0.39, 0.29) is 0 Å². The molecule has 0 N–H and O–H groups in total. The molecule has 102 valence electrons. The number of hydrogen-bond donors (Lipinski definition) is 0. The van der Waals surface area contributed by atoms with Gasteiger partial charge >= 0.3 is 0 Å². The average Bonchev–Trinajstić information content (AvgIpc) is 2.14. The molecule has 1 aliphatic heterocycles. The van der Waals surface area contributed by atoms with Crippen LogP contribution in [-0.2, 0) is 4.12 Å². The third-order valence-electron chi connectivity index (χ3n) is 3.73. The van der Waals surface area contributed by atoms with Crippen molar-refractivity contribution >= 4 is 16.6 Å². The Morgan fingerprint density at radius 3 is 1.88 bits per heavy atom. The summed E-state index contributed by atoms with van der Waals surface area (Å²) in [6.45, 7) is 18.3. The topological polar surface area (TPSA) is 9.23 Å². The molecule has 1 heterocycles. The molecule has 0 saturated carbocycles. The van der Waals surface area contributed by atoms with Gasteiger partial charge in [0.05, 0.1) is 25.8 Å². The van der Waals surface area contributed by atoms with E-state index < -0.39 is 16.6 Å². The van der Waals surface area contributed by atoms with Crippen molar-refractivity contribution in [3.8, 4) is 0 Å². The van der Waals surface area contributed by atoms with Gasteiger partial charge < -0.3 is 8.60 Å². The summed E-state index contributed by atoms with van der Waals surface area (Å²) in [5.74, 6) is 0. The Bertz CT molecular complexity index is 242. The van der Waals surface area contributed by atoms with E-state index in [9.17, 15) is 0 Å². The van der Waals surface area contributed by atoms with Gasteiger partial charge in [-0.3, -0.25) is 0 Å². The van der Waals surface area contributed by atoms with Gasteiger partial charge in [0.2, 0.25) is 8.32 Å². The van der Waals surface area contributed by atoms with Gasteiger partial charge in [-0.25, -0.2) is 0 Å². The van der Waals surface area contributed by atoms with Crippen molar-refractivity contribution in [3.05, 3.63) is 0 Å². The van der Waals surface area contributed by atoms with Crippen LogP contribution in [0.25, 0.3) is 0 Å². The zero-order valence-corrected chi connectivity index (χ0v) is 14.8. The number of rotatable bonds is 5. The first-order valence-corrected chi connectivity index (χ1v) is 13.8. The number of nitrogens with zero attached hydrogens (tertiary/aromatic N) is 1. The van der Waals surface area contributed by atoms with Crippen molar-refractivity contribution < 1.29 is 8.60 Å². The van der Waals surface area contributed by atoms with Gasteiger partial charge in [-0.1, -0.05) is 0 Å². The summed E-state index contributed by atoms with van der Waals surface area (Å²) in [6, 6.07) is 0. The lowest BCUT2D eigenvalue weighted by molar-refractivity contribution is -0.922. The van der Waals surface area contributed by atoms with Crippen molar-refractivity contribution in [2.45, 2.75) is 58.9 Å². The Labute approximate surface area is 110 Å². The molecular weight excluding hydrogens is 242 g/mol. The van der Waals surface area contributed by atoms with Crippen LogP contribution < -0.4 is 0 Å². The predicted octanol–water partition coefficient (Wildman–Crippen LogP) is 3.60. The second-order valence-electron chi connectivity index (χ2n) is 7.30. The monoisotopic (exact) mass is 274 g/mol. The number of quaternary nitrogens is 1. The highest BCUT2D eigenvalue weighted by Gasteiger charge is 2.40. The van der Waals surface area contributed by atoms with E-state index in [0.29, 0.717) is 0 Å². The minimum Gasteiger partial charge on any atom is -0.452 e. The molecule has 0 aromatic rings. The van der Waals surface area contributed by atoms with Crippen LogP contribution in [0.1, 0.15) is 26.2 Å². The van der Waals surface area contributed by atoms with Crippen molar-refractivity contribution in [2.24, 2.45) is 0 Å². The van der Waals surface area contributed by atoms with Crippen molar-refractivity contribution in [1.29, 1.82) is 0 Å². The molecule has 0 amide bonds. The van der Waals surface area contributed by atoms with E-state index in [2.05, 4.69) is 39.7 Å². The Hall–Kier alpha value is 0.354. The molecule has 0 bridgehead atoms. The third kappa shape index (κ3) is 5.24. The molecule has 0 aromatic carbocycles. The van der Waals surface area contributed by atoms with Gasteiger partial charge in [-0.05, 0) is 58.9 Å². The van der Waals surface area contributed by atoms with Gasteiger partial charge in [0, 0.05) is 0 Å². The molecule has 0 spiro atoms. The van der Waals surface area contributed by atoms with Crippen LogP contribution in [0, 0.1) is 0 Å². The number of likely N-dealkylation sites (tertiary alicyclic amines) is 1. The molecule has 0 aliphatic carbocycles. The fourth-order valence-electron chi connectivity index (χ4n) is 3.44. The summed E-state index contributed by atoms with van der Waals surface area (Å²) < 4.78 is 7.85. The van der Waals surface area contributed by atoms with E-state index >= 15 is 0 Å². The van der Waals surface area contributed by atoms with E-state index in [4.69, 9.17) is 4.12 Å². The minimum absolute atomic E-state index is 1.30. The van der Waals surface area contributed by atoms with E-state index in [0.717, 1.165) is 0 Å². The Balaban J connectivity index is 2.66. The van der Waals surface area contributed by atoms with Crippen LogP contribution in [0.3, 0.4) is 0 Å². The molecule has 17 heavy (non-hydrogen) atoms. The lowest BCUT2D eigenvalue weighted by Gasteiger charge is -2.45. The lowest BCUT2D eigenvalue weighted by Crippen LogP contribution is -2.61. The molecule has 1 rings (SSSR count). The summed E-state index contributed by atoms with van der Waals surface area (Å²) in [5.41, 5.74) is 0. The zero-order chi connectivity index (χ0) is 13.2. The van der Waals surface area contributed by atoms with Gasteiger partial charge in [0.15, 0.2) is 8.32 Å². The van der Waals surface area contributed by atoms with Crippen LogP contribution in [0.2, 0.25) is 32.7 Å². The first-order chi connectivity index (χ1) is 7.68. The Kier molecular flexibility index (Phi) is 5.03. The van der Waals surface area contributed by atoms with Gasteiger partial charge in [-0.2, -0.15) is 0 Å². The molecule has 0 aromatic heterocycles. The van der Waals surface area contributed by atoms with Crippen LogP contribution in [-0.4, -0.2) is 46.9 Å². The van der Waals surface area contributed by atoms with Gasteiger partial charge in [-0.15, -0.1) is 0 Å². The molecule has 2 nitrogen and oxygen atoms in total.